The fourth-order valence-electron chi connectivity index (χ4n) is 3.46. The van der Waals surface area contributed by atoms with Gasteiger partial charge in [0, 0.05) is 42.7 Å². The molecule has 1 aliphatic heterocycles. The lowest BCUT2D eigenvalue weighted by molar-refractivity contribution is -0.119. The van der Waals surface area contributed by atoms with Gasteiger partial charge in [-0.1, -0.05) is 42.5 Å². The van der Waals surface area contributed by atoms with Gasteiger partial charge in [0.15, 0.2) is 0 Å². The largest absolute Gasteiger partial charge is 0.326 e. The van der Waals surface area contributed by atoms with E-state index in [9.17, 15) is 4.79 Å². The molecule has 0 bridgehead atoms. The lowest BCUT2D eigenvalue weighted by Crippen LogP contribution is -2.28. The Kier molecular flexibility index (Phi) is 10.1. The second-order valence-electron chi connectivity index (χ2n) is 6.48. The molecule has 4 rings (SSSR count). The van der Waals surface area contributed by atoms with Crippen LogP contribution in [-0.4, -0.2) is 29.0 Å². The van der Waals surface area contributed by atoms with Crippen LogP contribution in [0.5, 0.6) is 0 Å². The molecule has 0 spiro atoms. The highest BCUT2D eigenvalue weighted by molar-refractivity contribution is 5.94. The summed E-state index contributed by atoms with van der Waals surface area (Å²) in [6, 6.07) is 18.0. The predicted octanol–water partition coefficient (Wildman–Crippen LogP) is 4.35. The first-order valence-corrected chi connectivity index (χ1v) is 8.73. The van der Waals surface area contributed by atoms with Crippen LogP contribution in [0, 0.1) is 5.92 Å². The highest BCUT2D eigenvalue weighted by atomic mass is 35.5. The van der Waals surface area contributed by atoms with E-state index in [2.05, 4.69) is 32.7 Å². The van der Waals surface area contributed by atoms with Crippen molar-refractivity contribution < 1.29 is 4.79 Å². The monoisotopic (exact) mass is 452 g/mol. The molecule has 0 unspecified atom stereocenters. The number of carbonyl (C=O) groups excluding carboxylic acids is 1. The van der Waals surface area contributed by atoms with E-state index in [1.54, 1.807) is 12.4 Å². The fourth-order valence-corrected chi connectivity index (χ4v) is 3.46. The van der Waals surface area contributed by atoms with Crippen LogP contribution in [0.1, 0.15) is 11.5 Å². The second kappa shape index (κ2) is 11.7. The second-order valence-corrected chi connectivity index (χ2v) is 6.48. The van der Waals surface area contributed by atoms with E-state index in [-0.39, 0.29) is 55.0 Å². The van der Waals surface area contributed by atoms with Crippen LogP contribution in [0.15, 0.2) is 73.3 Å². The van der Waals surface area contributed by atoms with Crippen molar-refractivity contribution in [3.05, 3.63) is 78.9 Å². The minimum absolute atomic E-state index is 0. The molecule has 2 atom stereocenters. The highest BCUT2D eigenvalue weighted by Gasteiger charge is 2.33. The number of carbonyl (C=O) groups is 1. The summed E-state index contributed by atoms with van der Waals surface area (Å²) in [7, 11) is 0. The average Bonchev–Trinajstić information content (AvgIpc) is 3.20. The Morgan fingerprint density at radius 1 is 0.897 bits per heavy atom. The summed E-state index contributed by atoms with van der Waals surface area (Å²) >= 11 is 0. The van der Waals surface area contributed by atoms with Gasteiger partial charge in [0.05, 0.1) is 5.92 Å². The van der Waals surface area contributed by atoms with E-state index in [1.807, 2.05) is 42.5 Å². The molecule has 2 aromatic carbocycles. The third-order valence-electron chi connectivity index (χ3n) is 4.80. The normalized spacial score (nSPS) is 17.2. The smallest absolute Gasteiger partial charge is 0.229 e. The standard InChI is InChI=1S/C21H20N4O.3ClH/c26-21(20-13-22-12-19(20)15-5-2-1-3-6-15)25-18-8-4-7-16(9-18)17-10-23-14-24-11-17;;;/h1-11,14,19-20,22H,12-13H2,(H,25,26);3*1H/t19-,20+;;;/m1.../s1. The summed E-state index contributed by atoms with van der Waals surface area (Å²) < 4.78 is 0. The van der Waals surface area contributed by atoms with Gasteiger partial charge in [-0.15, -0.1) is 37.2 Å². The number of rotatable bonds is 4. The number of halogens is 3. The van der Waals surface area contributed by atoms with Crippen LogP contribution in [0.25, 0.3) is 11.1 Å². The van der Waals surface area contributed by atoms with Gasteiger partial charge in [-0.25, -0.2) is 9.97 Å². The Morgan fingerprint density at radius 3 is 2.34 bits per heavy atom. The molecule has 3 aromatic rings. The van der Waals surface area contributed by atoms with Crippen LogP contribution in [-0.2, 0) is 4.79 Å². The Balaban J connectivity index is 0.00000140. The number of aromatic nitrogens is 2. The first-order chi connectivity index (χ1) is 12.8. The van der Waals surface area contributed by atoms with Gasteiger partial charge in [-0.05, 0) is 23.3 Å². The van der Waals surface area contributed by atoms with Crippen LogP contribution < -0.4 is 10.6 Å². The fraction of sp³-hybridized carbons (Fsp3) is 0.190. The van der Waals surface area contributed by atoms with Crippen molar-refractivity contribution in [3.63, 3.8) is 0 Å². The minimum atomic E-state index is -0.0823. The number of hydrogen-bond acceptors (Lipinski definition) is 4. The van der Waals surface area contributed by atoms with Gasteiger partial charge in [0.2, 0.25) is 5.91 Å². The summed E-state index contributed by atoms with van der Waals surface area (Å²) in [5.74, 6) is 0.160. The van der Waals surface area contributed by atoms with Gasteiger partial charge < -0.3 is 10.6 Å². The van der Waals surface area contributed by atoms with Crippen LogP contribution >= 0.6 is 37.2 Å². The Hall–Kier alpha value is -2.18. The summed E-state index contributed by atoms with van der Waals surface area (Å²) in [5, 5.41) is 6.42. The molecule has 0 radical (unpaired) electrons. The van der Waals surface area contributed by atoms with Crippen LogP contribution in [0.2, 0.25) is 0 Å². The molecule has 0 aliphatic carbocycles. The zero-order valence-corrected chi connectivity index (χ0v) is 18.0. The summed E-state index contributed by atoms with van der Waals surface area (Å²) in [5.41, 5.74) is 3.89. The summed E-state index contributed by atoms with van der Waals surface area (Å²) in [6.07, 6.45) is 5.03. The number of nitrogens with one attached hydrogen (secondary N) is 2. The molecule has 1 amide bonds. The quantitative estimate of drug-likeness (QED) is 0.616. The van der Waals surface area contributed by atoms with Crippen molar-refractivity contribution in [2.45, 2.75) is 5.92 Å². The van der Waals surface area contributed by atoms with Crippen molar-refractivity contribution in [2.24, 2.45) is 5.92 Å². The van der Waals surface area contributed by atoms with Crippen molar-refractivity contribution in [1.82, 2.24) is 15.3 Å². The maximum atomic E-state index is 12.9. The average molecular weight is 454 g/mol. The molecule has 1 saturated heterocycles. The molecule has 8 heteroatoms. The Labute approximate surface area is 189 Å². The molecule has 1 aromatic heterocycles. The Morgan fingerprint density at radius 2 is 1.62 bits per heavy atom. The number of amides is 1. The minimum Gasteiger partial charge on any atom is -0.326 e. The molecular weight excluding hydrogens is 431 g/mol. The SMILES string of the molecule is Cl.Cl.Cl.O=C(Nc1cccc(-c2cncnc2)c1)[C@H]1CNC[C@@H]1c1ccccc1. The number of nitrogens with zero attached hydrogens (tertiary/aromatic N) is 2. The first kappa shape index (κ1) is 24.9. The molecule has 29 heavy (non-hydrogen) atoms. The van der Waals surface area contributed by atoms with Gasteiger partial charge >= 0.3 is 0 Å². The van der Waals surface area contributed by atoms with Crippen molar-refractivity contribution in [3.8, 4) is 11.1 Å². The lowest BCUT2D eigenvalue weighted by Gasteiger charge is -2.19. The van der Waals surface area contributed by atoms with Crippen molar-refractivity contribution >= 4 is 48.8 Å². The maximum Gasteiger partial charge on any atom is 0.229 e. The lowest BCUT2D eigenvalue weighted by atomic mass is 9.88. The molecule has 154 valence electrons. The zero-order chi connectivity index (χ0) is 17.8. The highest BCUT2D eigenvalue weighted by Crippen LogP contribution is 2.29. The van der Waals surface area contributed by atoms with Gasteiger partial charge in [-0.3, -0.25) is 4.79 Å². The maximum absolute atomic E-state index is 12.9. The van der Waals surface area contributed by atoms with E-state index in [1.165, 1.54) is 11.9 Å². The topological polar surface area (TPSA) is 66.9 Å². The molecule has 1 fully saturated rings. The number of benzene rings is 2. The Bertz CT molecular complexity index is 897. The number of anilines is 1. The van der Waals surface area contributed by atoms with E-state index >= 15 is 0 Å². The van der Waals surface area contributed by atoms with E-state index in [0.717, 1.165) is 23.4 Å². The zero-order valence-electron chi connectivity index (χ0n) is 15.5. The van der Waals surface area contributed by atoms with Gasteiger partial charge in [0.1, 0.15) is 6.33 Å². The van der Waals surface area contributed by atoms with Gasteiger partial charge in [0.25, 0.3) is 0 Å². The molecule has 2 heterocycles. The molecule has 5 nitrogen and oxygen atoms in total. The van der Waals surface area contributed by atoms with E-state index in [0.29, 0.717) is 6.54 Å². The molecule has 2 N–H and O–H groups in total. The van der Waals surface area contributed by atoms with Crippen LogP contribution in [0.4, 0.5) is 5.69 Å². The molecular formula is C21H23Cl3N4O. The van der Waals surface area contributed by atoms with Gasteiger partial charge in [-0.2, -0.15) is 0 Å². The third kappa shape index (κ3) is 5.90. The third-order valence-corrected chi connectivity index (χ3v) is 4.80. The van der Waals surface area contributed by atoms with Crippen molar-refractivity contribution in [2.75, 3.05) is 18.4 Å². The van der Waals surface area contributed by atoms with E-state index < -0.39 is 0 Å². The summed E-state index contributed by atoms with van der Waals surface area (Å²) in [4.78, 5) is 21.0. The predicted molar refractivity (Wildman–Crippen MR) is 123 cm³/mol. The first-order valence-electron chi connectivity index (χ1n) is 8.73. The molecule has 0 saturated carbocycles. The van der Waals surface area contributed by atoms with Crippen LogP contribution in [0.3, 0.4) is 0 Å². The summed E-state index contributed by atoms with van der Waals surface area (Å²) in [6.45, 7) is 1.51. The number of hydrogen-bond donors (Lipinski definition) is 2. The van der Waals surface area contributed by atoms with Crippen molar-refractivity contribution in [1.29, 1.82) is 0 Å². The molecule has 1 aliphatic rings. The van der Waals surface area contributed by atoms with E-state index in [4.69, 9.17) is 0 Å².